The molecule has 102 valence electrons. The standard InChI is InChI=1S/C15H21N3O/c1-11(2)18(8-9-19-3)15-5-4-14(16)13-10-17-7-6-12(13)15/h4-7,10-11H,8-9,16H2,1-3H3. The highest BCUT2D eigenvalue weighted by Gasteiger charge is 2.14. The minimum Gasteiger partial charge on any atom is -0.398 e. The van der Waals surface area contributed by atoms with Crippen LogP contribution in [0.25, 0.3) is 10.8 Å². The van der Waals surface area contributed by atoms with Crippen LogP contribution in [0.4, 0.5) is 11.4 Å². The molecular formula is C15H21N3O. The second-order valence-electron chi connectivity index (χ2n) is 4.88. The largest absolute Gasteiger partial charge is 0.398 e. The summed E-state index contributed by atoms with van der Waals surface area (Å²) in [5.74, 6) is 0. The number of pyridine rings is 1. The van der Waals surface area contributed by atoms with E-state index >= 15 is 0 Å². The number of hydrogen-bond acceptors (Lipinski definition) is 4. The Kier molecular flexibility index (Phi) is 4.22. The number of hydrogen-bond donors (Lipinski definition) is 1. The van der Waals surface area contributed by atoms with E-state index in [9.17, 15) is 0 Å². The Morgan fingerprint density at radius 3 is 2.74 bits per heavy atom. The van der Waals surface area contributed by atoms with E-state index in [-0.39, 0.29) is 0 Å². The van der Waals surface area contributed by atoms with E-state index in [1.165, 1.54) is 5.69 Å². The van der Waals surface area contributed by atoms with Crippen LogP contribution in [0.15, 0.2) is 30.6 Å². The van der Waals surface area contributed by atoms with Crippen molar-refractivity contribution in [2.24, 2.45) is 0 Å². The third kappa shape index (κ3) is 2.79. The quantitative estimate of drug-likeness (QED) is 0.839. The monoisotopic (exact) mass is 259 g/mol. The summed E-state index contributed by atoms with van der Waals surface area (Å²) < 4.78 is 5.20. The van der Waals surface area contributed by atoms with Gasteiger partial charge < -0.3 is 15.4 Å². The van der Waals surface area contributed by atoms with E-state index < -0.39 is 0 Å². The molecule has 2 aromatic rings. The van der Waals surface area contributed by atoms with Crippen molar-refractivity contribution in [2.45, 2.75) is 19.9 Å². The number of nitrogens with zero attached hydrogens (tertiary/aromatic N) is 2. The molecule has 4 heteroatoms. The Morgan fingerprint density at radius 1 is 1.26 bits per heavy atom. The first kappa shape index (κ1) is 13.6. The van der Waals surface area contributed by atoms with Gasteiger partial charge in [-0.1, -0.05) is 0 Å². The number of aromatic nitrogens is 1. The third-order valence-corrected chi connectivity index (χ3v) is 3.30. The molecule has 0 radical (unpaired) electrons. The van der Waals surface area contributed by atoms with Gasteiger partial charge in [0.25, 0.3) is 0 Å². The highest BCUT2D eigenvalue weighted by molar-refractivity contribution is 6.00. The predicted octanol–water partition coefficient (Wildman–Crippen LogP) is 2.68. The number of nitrogen functional groups attached to an aromatic ring is 1. The molecule has 0 amide bonds. The lowest BCUT2D eigenvalue weighted by Gasteiger charge is -2.30. The van der Waals surface area contributed by atoms with Gasteiger partial charge in [-0.2, -0.15) is 0 Å². The second-order valence-corrected chi connectivity index (χ2v) is 4.88. The zero-order valence-electron chi connectivity index (χ0n) is 11.8. The van der Waals surface area contributed by atoms with Crippen LogP contribution in [0.5, 0.6) is 0 Å². The van der Waals surface area contributed by atoms with Crippen molar-refractivity contribution in [3.63, 3.8) is 0 Å². The smallest absolute Gasteiger partial charge is 0.0637 e. The average Bonchev–Trinajstić information content (AvgIpc) is 2.41. The molecule has 0 aliphatic carbocycles. The maximum absolute atomic E-state index is 6.02. The normalized spacial score (nSPS) is 11.2. The summed E-state index contributed by atoms with van der Waals surface area (Å²) in [4.78, 5) is 6.48. The Morgan fingerprint density at radius 2 is 2.05 bits per heavy atom. The molecule has 4 nitrogen and oxygen atoms in total. The van der Waals surface area contributed by atoms with Crippen LogP contribution in [0, 0.1) is 0 Å². The van der Waals surface area contributed by atoms with Crippen LogP contribution in [-0.4, -0.2) is 31.3 Å². The molecule has 0 saturated carbocycles. The van der Waals surface area contributed by atoms with E-state index in [4.69, 9.17) is 10.5 Å². The van der Waals surface area contributed by atoms with Crippen molar-refractivity contribution in [1.29, 1.82) is 0 Å². The summed E-state index contributed by atoms with van der Waals surface area (Å²) >= 11 is 0. The number of benzene rings is 1. The second kappa shape index (κ2) is 5.89. The molecule has 0 aliphatic heterocycles. The zero-order valence-corrected chi connectivity index (χ0v) is 11.8. The van der Waals surface area contributed by atoms with Crippen molar-refractivity contribution >= 4 is 22.1 Å². The summed E-state index contributed by atoms with van der Waals surface area (Å²) in [6.45, 7) is 5.92. The number of anilines is 2. The first-order valence-corrected chi connectivity index (χ1v) is 6.53. The van der Waals surface area contributed by atoms with Crippen molar-refractivity contribution in [3.8, 4) is 0 Å². The van der Waals surface area contributed by atoms with Gasteiger partial charge in [0.05, 0.1) is 6.61 Å². The fraction of sp³-hybridized carbons (Fsp3) is 0.400. The van der Waals surface area contributed by atoms with Gasteiger partial charge in [0.1, 0.15) is 0 Å². The van der Waals surface area contributed by atoms with Gasteiger partial charge in [-0.05, 0) is 32.0 Å². The Hall–Kier alpha value is -1.81. The summed E-state index contributed by atoms with van der Waals surface area (Å²) in [6, 6.07) is 6.44. The molecule has 0 spiro atoms. The number of rotatable bonds is 5. The zero-order chi connectivity index (χ0) is 13.8. The van der Waals surface area contributed by atoms with E-state index in [0.29, 0.717) is 12.6 Å². The predicted molar refractivity (Wildman–Crippen MR) is 80.5 cm³/mol. The fourth-order valence-corrected chi connectivity index (χ4v) is 2.29. The van der Waals surface area contributed by atoms with Gasteiger partial charge in [0.15, 0.2) is 0 Å². The van der Waals surface area contributed by atoms with E-state index in [2.05, 4.69) is 29.8 Å². The molecule has 0 atom stereocenters. The first-order chi connectivity index (χ1) is 9.15. The summed E-state index contributed by atoms with van der Waals surface area (Å²) in [6.07, 6.45) is 3.63. The molecule has 0 unspecified atom stereocenters. The minimum absolute atomic E-state index is 0.398. The molecular weight excluding hydrogens is 238 g/mol. The van der Waals surface area contributed by atoms with Crippen LogP contribution in [0.3, 0.4) is 0 Å². The highest BCUT2D eigenvalue weighted by atomic mass is 16.5. The molecule has 1 aromatic carbocycles. The summed E-state index contributed by atoms with van der Waals surface area (Å²) in [5.41, 5.74) is 7.96. The third-order valence-electron chi connectivity index (χ3n) is 3.30. The molecule has 1 heterocycles. The number of ether oxygens (including phenoxy) is 1. The molecule has 0 saturated heterocycles. The van der Waals surface area contributed by atoms with Crippen LogP contribution < -0.4 is 10.6 Å². The van der Waals surface area contributed by atoms with Crippen LogP contribution in [0.1, 0.15) is 13.8 Å². The van der Waals surface area contributed by atoms with Crippen molar-refractivity contribution in [2.75, 3.05) is 30.9 Å². The molecule has 0 bridgehead atoms. The maximum Gasteiger partial charge on any atom is 0.0637 e. The number of fused-ring (bicyclic) bond motifs is 1. The first-order valence-electron chi connectivity index (χ1n) is 6.53. The van der Waals surface area contributed by atoms with Gasteiger partial charge in [-0.25, -0.2) is 0 Å². The Labute approximate surface area is 114 Å². The van der Waals surface area contributed by atoms with Crippen LogP contribution >= 0.6 is 0 Å². The molecule has 2 rings (SSSR count). The lowest BCUT2D eigenvalue weighted by molar-refractivity contribution is 0.204. The van der Waals surface area contributed by atoms with Crippen LogP contribution in [0.2, 0.25) is 0 Å². The topological polar surface area (TPSA) is 51.4 Å². The van der Waals surface area contributed by atoms with Gasteiger partial charge in [-0.3, -0.25) is 4.98 Å². The van der Waals surface area contributed by atoms with Crippen molar-refractivity contribution < 1.29 is 4.74 Å². The molecule has 0 aliphatic rings. The van der Waals surface area contributed by atoms with E-state index in [1.807, 2.05) is 18.3 Å². The molecule has 1 aromatic heterocycles. The SMILES string of the molecule is COCCN(c1ccc(N)c2cnccc12)C(C)C. The number of nitrogens with two attached hydrogens (primary N) is 1. The van der Waals surface area contributed by atoms with Crippen LogP contribution in [-0.2, 0) is 4.74 Å². The Balaban J connectivity index is 2.50. The van der Waals surface area contributed by atoms with E-state index in [0.717, 1.165) is 23.0 Å². The molecule has 0 fully saturated rings. The van der Waals surface area contributed by atoms with Gasteiger partial charge in [0.2, 0.25) is 0 Å². The average molecular weight is 259 g/mol. The fourth-order valence-electron chi connectivity index (χ4n) is 2.29. The lowest BCUT2D eigenvalue weighted by atomic mass is 10.1. The van der Waals surface area contributed by atoms with E-state index in [1.54, 1.807) is 13.3 Å². The van der Waals surface area contributed by atoms with Crippen molar-refractivity contribution in [1.82, 2.24) is 4.98 Å². The Bertz CT molecular complexity index is 554. The molecule has 2 N–H and O–H groups in total. The van der Waals surface area contributed by atoms with Gasteiger partial charge >= 0.3 is 0 Å². The van der Waals surface area contributed by atoms with Gasteiger partial charge in [-0.15, -0.1) is 0 Å². The molecule has 19 heavy (non-hydrogen) atoms. The minimum atomic E-state index is 0.398. The summed E-state index contributed by atoms with van der Waals surface area (Å²) in [7, 11) is 1.73. The number of methoxy groups -OCH3 is 1. The lowest BCUT2D eigenvalue weighted by Crippen LogP contribution is -2.33. The highest BCUT2D eigenvalue weighted by Crippen LogP contribution is 2.31. The summed E-state index contributed by atoms with van der Waals surface area (Å²) in [5, 5.41) is 2.14. The van der Waals surface area contributed by atoms with Gasteiger partial charge in [0, 0.05) is 54.2 Å². The van der Waals surface area contributed by atoms with Crippen molar-refractivity contribution in [3.05, 3.63) is 30.6 Å². The maximum atomic E-state index is 6.02.